The Morgan fingerprint density at radius 1 is 1.12 bits per heavy atom. The van der Waals surface area contributed by atoms with E-state index in [1.54, 1.807) is 30.0 Å². The molecule has 1 aliphatic heterocycles. The summed E-state index contributed by atoms with van der Waals surface area (Å²) in [4.78, 5) is 30.9. The molecule has 1 aliphatic carbocycles. The van der Waals surface area contributed by atoms with Gasteiger partial charge in [0.1, 0.15) is 0 Å². The van der Waals surface area contributed by atoms with Gasteiger partial charge in [-0.15, -0.1) is 12.4 Å². The number of nitrogens with two attached hydrogens (primary N) is 1. The van der Waals surface area contributed by atoms with Crippen LogP contribution in [0.1, 0.15) is 41.6 Å². The maximum Gasteiger partial charge on any atom is 0.324 e. The van der Waals surface area contributed by atoms with E-state index in [2.05, 4.69) is 6.07 Å². The summed E-state index contributed by atoms with van der Waals surface area (Å²) in [5.41, 5.74) is 8.72. The van der Waals surface area contributed by atoms with Crippen molar-refractivity contribution in [2.45, 2.75) is 37.1 Å². The molecule has 8 heteroatoms. The molecule has 0 radical (unpaired) electrons. The van der Waals surface area contributed by atoms with Gasteiger partial charge < -0.3 is 15.5 Å². The Morgan fingerprint density at radius 2 is 1.82 bits per heavy atom. The first-order valence-electron chi connectivity index (χ1n) is 11.2. The summed E-state index contributed by atoms with van der Waals surface area (Å²) < 4.78 is 0. The number of carbonyl (C=O) groups is 2. The number of hydrogen-bond acceptors (Lipinski definition) is 3. The predicted octanol–water partition coefficient (Wildman–Crippen LogP) is 4.54. The number of rotatable bonds is 5. The third-order valence-corrected chi connectivity index (χ3v) is 7.27. The van der Waals surface area contributed by atoms with Gasteiger partial charge in [0.05, 0.1) is 0 Å². The van der Waals surface area contributed by atoms with Crippen molar-refractivity contribution in [2.75, 3.05) is 38.6 Å². The quantitative estimate of drug-likeness (QED) is 0.668. The Hall–Kier alpha value is -2.28. The second kappa shape index (κ2) is 10.3. The van der Waals surface area contributed by atoms with Gasteiger partial charge in [-0.3, -0.25) is 9.69 Å². The summed E-state index contributed by atoms with van der Waals surface area (Å²) in [5, 5.41) is 0.734. The van der Waals surface area contributed by atoms with E-state index in [-0.39, 0.29) is 35.8 Å². The van der Waals surface area contributed by atoms with Crippen LogP contribution in [0.15, 0.2) is 48.5 Å². The van der Waals surface area contributed by atoms with E-state index in [4.69, 9.17) is 17.3 Å². The topological polar surface area (TPSA) is 69.9 Å². The van der Waals surface area contributed by atoms with Gasteiger partial charge in [-0.1, -0.05) is 29.8 Å². The summed E-state index contributed by atoms with van der Waals surface area (Å²) in [7, 11) is 3.46. The van der Waals surface area contributed by atoms with Gasteiger partial charge in [0, 0.05) is 61.5 Å². The predicted molar refractivity (Wildman–Crippen MR) is 136 cm³/mol. The van der Waals surface area contributed by atoms with E-state index in [1.807, 2.05) is 41.3 Å². The number of anilines is 1. The average Bonchev–Trinajstić information content (AvgIpc) is 3.19. The molecular weight excluding hydrogens is 459 g/mol. The van der Waals surface area contributed by atoms with E-state index >= 15 is 0 Å². The lowest BCUT2D eigenvalue weighted by molar-refractivity contribution is 0.0827. The molecule has 6 nitrogen and oxygen atoms in total. The van der Waals surface area contributed by atoms with Crippen LogP contribution in [0.2, 0.25) is 5.02 Å². The molecule has 178 valence electrons. The third kappa shape index (κ3) is 4.98. The Bertz CT molecular complexity index is 1010. The lowest BCUT2D eigenvalue weighted by Crippen LogP contribution is -2.46. The fourth-order valence-corrected chi connectivity index (χ4v) is 5.28. The smallest absolute Gasteiger partial charge is 0.324 e. The maximum absolute atomic E-state index is 13.3. The molecule has 2 aromatic rings. The van der Waals surface area contributed by atoms with Crippen LogP contribution in [0.25, 0.3) is 0 Å². The van der Waals surface area contributed by atoms with Crippen LogP contribution in [0.4, 0.5) is 10.5 Å². The number of carbonyl (C=O) groups excluding carboxylic acids is 2. The number of nitrogens with zero attached hydrogens (tertiary/aromatic N) is 3. The SMILES string of the molecule is CN(C)C(=O)c1cccc(N2CCN([C@H]3CC[C@@](CN)(c4cccc(Cl)c4)CC3)C2=O)c1.Cl. The maximum atomic E-state index is 13.3. The van der Waals surface area contributed by atoms with Crippen LogP contribution in [-0.2, 0) is 5.41 Å². The third-order valence-electron chi connectivity index (χ3n) is 7.03. The minimum Gasteiger partial charge on any atom is -0.345 e. The minimum atomic E-state index is -0.0786. The molecule has 0 atom stereocenters. The molecule has 2 fully saturated rings. The van der Waals surface area contributed by atoms with Gasteiger partial charge in [-0.25, -0.2) is 4.79 Å². The zero-order chi connectivity index (χ0) is 22.9. The Kier molecular flexibility index (Phi) is 7.93. The number of hydrogen-bond donors (Lipinski definition) is 1. The molecule has 4 rings (SSSR count). The van der Waals surface area contributed by atoms with Crippen LogP contribution in [0.5, 0.6) is 0 Å². The molecule has 3 amide bonds. The van der Waals surface area contributed by atoms with Gasteiger partial charge in [0.25, 0.3) is 5.91 Å². The highest BCUT2D eigenvalue weighted by atomic mass is 35.5. The van der Waals surface area contributed by atoms with Gasteiger partial charge >= 0.3 is 6.03 Å². The normalized spacial score (nSPS) is 22.8. The van der Waals surface area contributed by atoms with Gasteiger partial charge in [-0.05, 0) is 61.6 Å². The van der Waals surface area contributed by atoms with Crippen molar-refractivity contribution >= 4 is 41.6 Å². The van der Waals surface area contributed by atoms with Crippen LogP contribution >= 0.6 is 24.0 Å². The summed E-state index contributed by atoms with van der Waals surface area (Å²) in [6.45, 7) is 1.90. The summed E-state index contributed by atoms with van der Waals surface area (Å²) in [5.74, 6) is -0.0678. The summed E-state index contributed by atoms with van der Waals surface area (Å²) in [6.07, 6.45) is 3.71. The highest BCUT2D eigenvalue weighted by Gasteiger charge is 2.41. The summed E-state index contributed by atoms with van der Waals surface area (Å²) >= 11 is 6.23. The molecule has 1 heterocycles. The second-order valence-corrected chi connectivity index (χ2v) is 9.54. The zero-order valence-corrected chi connectivity index (χ0v) is 20.7. The largest absolute Gasteiger partial charge is 0.345 e. The highest BCUT2D eigenvalue weighted by Crippen LogP contribution is 2.41. The van der Waals surface area contributed by atoms with Gasteiger partial charge in [-0.2, -0.15) is 0 Å². The number of amides is 3. The lowest BCUT2D eigenvalue weighted by atomic mass is 9.68. The molecule has 2 aliphatic rings. The number of urea groups is 1. The van der Waals surface area contributed by atoms with Crippen LogP contribution < -0.4 is 10.6 Å². The van der Waals surface area contributed by atoms with Crippen LogP contribution in [0, 0.1) is 0 Å². The van der Waals surface area contributed by atoms with Crippen molar-refractivity contribution in [1.29, 1.82) is 0 Å². The first-order valence-corrected chi connectivity index (χ1v) is 11.6. The molecular formula is C25H32Cl2N4O2. The van der Waals surface area contributed by atoms with E-state index in [9.17, 15) is 9.59 Å². The Labute approximate surface area is 207 Å². The number of benzene rings is 2. The van der Waals surface area contributed by atoms with Crippen molar-refractivity contribution in [3.8, 4) is 0 Å². The van der Waals surface area contributed by atoms with Crippen LogP contribution in [0.3, 0.4) is 0 Å². The van der Waals surface area contributed by atoms with Crippen LogP contribution in [-0.4, -0.2) is 61.5 Å². The Morgan fingerprint density at radius 3 is 2.45 bits per heavy atom. The van der Waals surface area contributed by atoms with Crippen molar-refractivity contribution < 1.29 is 9.59 Å². The highest BCUT2D eigenvalue weighted by molar-refractivity contribution is 6.30. The van der Waals surface area contributed by atoms with E-state index in [0.29, 0.717) is 25.2 Å². The van der Waals surface area contributed by atoms with Crippen molar-refractivity contribution in [3.63, 3.8) is 0 Å². The first kappa shape index (κ1) is 25.3. The van der Waals surface area contributed by atoms with E-state index in [1.165, 1.54) is 5.56 Å². The molecule has 0 spiro atoms. The molecule has 33 heavy (non-hydrogen) atoms. The zero-order valence-electron chi connectivity index (χ0n) is 19.2. The van der Waals surface area contributed by atoms with Gasteiger partial charge in [0.2, 0.25) is 0 Å². The monoisotopic (exact) mass is 490 g/mol. The van der Waals surface area contributed by atoms with E-state index in [0.717, 1.165) is 36.4 Å². The molecule has 0 aromatic heterocycles. The molecule has 1 saturated carbocycles. The standard InChI is InChI=1S/C25H31ClN4O2.ClH/c1-28(2)23(31)18-5-3-8-22(15-18)30-14-13-29(24(30)32)21-9-11-25(17-27,12-10-21)19-6-4-7-20(26)16-19;/h3-8,15-16,21H,9-14,17,27H2,1-2H3;1H/t21-,25+;. The molecule has 0 unspecified atom stereocenters. The first-order chi connectivity index (χ1) is 15.3. The van der Waals surface area contributed by atoms with Crippen molar-refractivity contribution in [3.05, 3.63) is 64.7 Å². The molecule has 1 saturated heterocycles. The summed E-state index contributed by atoms with van der Waals surface area (Å²) in [6, 6.07) is 15.6. The minimum absolute atomic E-state index is 0. The van der Waals surface area contributed by atoms with E-state index < -0.39 is 0 Å². The fourth-order valence-electron chi connectivity index (χ4n) is 5.09. The van der Waals surface area contributed by atoms with Crippen molar-refractivity contribution in [1.82, 2.24) is 9.80 Å². The second-order valence-electron chi connectivity index (χ2n) is 9.10. The number of halogens is 2. The Balaban J connectivity index is 0.00000306. The fraction of sp³-hybridized carbons (Fsp3) is 0.440. The lowest BCUT2D eigenvalue weighted by Gasteiger charge is -2.42. The molecule has 2 aromatic carbocycles. The van der Waals surface area contributed by atoms with Crippen molar-refractivity contribution in [2.24, 2.45) is 5.73 Å². The van der Waals surface area contributed by atoms with Gasteiger partial charge in [0.15, 0.2) is 0 Å². The molecule has 0 bridgehead atoms. The molecule has 2 N–H and O–H groups in total. The average molecular weight is 491 g/mol.